The lowest BCUT2D eigenvalue weighted by Gasteiger charge is -2.28. The van der Waals surface area contributed by atoms with Crippen molar-refractivity contribution in [3.05, 3.63) is 52.6 Å². The number of halogens is 2. The standard InChI is InChI=1S/C19H20ClFN4O3/c1-4-28-19(27)14-9-22-25-6-5-16(23-18(14)25)24(11(2)3)10-12-7-13(21)8-15(20)17(12)26/h5-9,11,26H,4,10H2,1-3H3. The molecule has 3 rings (SSSR count). The molecule has 0 atom stereocenters. The summed E-state index contributed by atoms with van der Waals surface area (Å²) in [5, 5.41) is 14.3. The molecular weight excluding hydrogens is 387 g/mol. The third-order valence-corrected chi connectivity index (χ3v) is 4.50. The van der Waals surface area contributed by atoms with Crippen LogP contribution in [0.4, 0.5) is 10.2 Å². The van der Waals surface area contributed by atoms with Crippen molar-refractivity contribution in [2.75, 3.05) is 11.5 Å². The van der Waals surface area contributed by atoms with Crippen LogP contribution >= 0.6 is 11.6 Å². The molecule has 2 aromatic heterocycles. The quantitative estimate of drug-likeness (QED) is 0.627. The van der Waals surface area contributed by atoms with Gasteiger partial charge in [-0.2, -0.15) is 5.10 Å². The number of phenolic OH excluding ortho intramolecular Hbond substituents is 1. The maximum Gasteiger partial charge on any atom is 0.343 e. The Balaban J connectivity index is 2.02. The maximum absolute atomic E-state index is 13.8. The van der Waals surface area contributed by atoms with Gasteiger partial charge in [-0.25, -0.2) is 18.7 Å². The highest BCUT2D eigenvalue weighted by molar-refractivity contribution is 6.32. The van der Waals surface area contributed by atoms with E-state index in [1.807, 2.05) is 18.7 Å². The molecule has 0 aliphatic rings. The Kier molecular flexibility index (Phi) is 5.69. The van der Waals surface area contributed by atoms with Crippen LogP contribution in [-0.4, -0.2) is 38.3 Å². The van der Waals surface area contributed by atoms with Gasteiger partial charge < -0.3 is 14.7 Å². The Morgan fingerprint density at radius 2 is 2.18 bits per heavy atom. The Bertz CT molecular complexity index is 1020. The number of carbonyl (C=O) groups is 1. The maximum atomic E-state index is 13.8. The Morgan fingerprint density at radius 1 is 1.43 bits per heavy atom. The van der Waals surface area contributed by atoms with Gasteiger partial charge in [-0.15, -0.1) is 0 Å². The number of nitrogens with zero attached hydrogens (tertiary/aromatic N) is 4. The summed E-state index contributed by atoms with van der Waals surface area (Å²) < 4.78 is 20.3. The van der Waals surface area contributed by atoms with E-state index in [2.05, 4.69) is 10.1 Å². The molecular formula is C19H20ClFN4O3. The summed E-state index contributed by atoms with van der Waals surface area (Å²) >= 11 is 5.89. The second-order valence-corrected chi connectivity index (χ2v) is 6.86. The Hall–Kier alpha value is -2.87. The molecule has 1 aromatic carbocycles. The molecule has 7 nitrogen and oxygen atoms in total. The molecule has 0 saturated carbocycles. The molecule has 0 radical (unpaired) electrons. The third-order valence-electron chi connectivity index (χ3n) is 4.22. The van der Waals surface area contributed by atoms with Crippen molar-refractivity contribution in [1.82, 2.24) is 14.6 Å². The summed E-state index contributed by atoms with van der Waals surface area (Å²) in [6, 6.07) is 3.98. The molecule has 3 aromatic rings. The zero-order chi connectivity index (χ0) is 20.4. The fraction of sp³-hybridized carbons (Fsp3) is 0.316. The van der Waals surface area contributed by atoms with Crippen LogP contribution in [-0.2, 0) is 11.3 Å². The largest absolute Gasteiger partial charge is 0.506 e. The average Bonchev–Trinajstić information content (AvgIpc) is 3.06. The second-order valence-electron chi connectivity index (χ2n) is 6.45. The number of fused-ring (bicyclic) bond motifs is 1. The highest BCUT2D eigenvalue weighted by Gasteiger charge is 2.20. The van der Waals surface area contributed by atoms with Gasteiger partial charge >= 0.3 is 5.97 Å². The van der Waals surface area contributed by atoms with Crippen molar-refractivity contribution >= 4 is 29.0 Å². The van der Waals surface area contributed by atoms with E-state index in [-0.39, 0.29) is 35.5 Å². The van der Waals surface area contributed by atoms with E-state index in [1.165, 1.54) is 16.8 Å². The monoisotopic (exact) mass is 406 g/mol. The molecule has 0 amide bonds. The minimum Gasteiger partial charge on any atom is -0.506 e. The van der Waals surface area contributed by atoms with Gasteiger partial charge in [-0.05, 0) is 39.0 Å². The van der Waals surface area contributed by atoms with E-state index in [4.69, 9.17) is 16.3 Å². The Labute approximate surface area is 166 Å². The molecule has 0 bridgehead atoms. The fourth-order valence-electron chi connectivity index (χ4n) is 2.82. The van der Waals surface area contributed by atoms with Crippen molar-refractivity contribution in [3.63, 3.8) is 0 Å². The number of esters is 1. The minimum atomic E-state index is -0.537. The van der Waals surface area contributed by atoms with E-state index in [1.54, 1.807) is 19.2 Å². The predicted molar refractivity (Wildman–Crippen MR) is 103 cm³/mol. The van der Waals surface area contributed by atoms with E-state index in [0.29, 0.717) is 17.0 Å². The summed E-state index contributed by atoms with van der Waals surface area (Å²) in [4.78, 5) is 18.5. The molecule has 0 unspecified atom stereocenters. The SMILES string of the molecule is CCOC(=O)c1cnn2ccc(N(Cc3cc(F)cc(Cl)c3O)C(C)C)nc12. The average molecular weight is 407 g/mol. The summed E-state index contributed by atoms with van der Waals surface area (Å²) in [5.74, 6) is -0.683. The molecule has 0 aliphatic carbocycles. The van der Waals surface area contributed by atoms with Crippen molar-refractivity contribution in [1.29, 1.82) is 0 Å². The van der Waals surface area contributed by atoms with Crippen LogP contribution < -0.4 is 4.90 Å². The molecule has 0 aliphatic heterocycles. The van der Waals surface area contributed by atoms with E-state index < -0.39 is 11.8 Å². The summed E-state index contributed by atoms with van der Waals surface area (Å²) in [7, 11) is 0. The van der Waals surface area contributed by atoms with Gasteiger partial charge in [-0.3, -0.25) is 0 Å². The number of anilines is 1. The lowest BCUT2D eigenvalue weighted by atomic mass is 10.1. The van der Waals surface area contributed by atoms with Crippen molar-refractivity contribution in [2.24, 2.45) is 0 Å². The van der Waals surface area contributed by atoms with Crippen molar-refractivity contribution < 1.29 is 19.0 Å². The lowest BCUT2D eigenvalue weighted by Crippen LogP contribution is -2.31. The lowest BCUT2D eigenvalue weighted by molar-refractivity contribution is 0.0528. The molecule has 148 valence electrons. The third kappa shape index (κ3) is 3.87. The molecule has 2 heterocycles. The second kappa shape index (κ2) is 8.02. The van der Waals surface area contributed by atoms with Crippen LogP contribution in [0.15, 0.2) is 30.6 Å². The topological polar surface area (TPSA) is 80.0 Å². The van der Waals surface area contributed by atoms with Gasteiger partial charge in [-0.1, -0.05) is 11.6 Å². The molecule has 0 saturated heterocycles. The normalized spacial score (nSPS) is 11.2. The summed E-state index contributed by atoms with van der Waals surface area (Å²) in [6.07, 6.45) is 3.08. The Morgan fingerprint density at radius 3 is 2.86 bits per heavy atom. The fourth-order valence-corrected chi connectivity index (χ4v) is 3.05. The van der Waals surface area contributed by atoms with Crippen LogP contribution in [0.3, 0.4) is 0 Å². The van der Waals surface area contributed by atoms with Crippen molar-refractivity contribution in [2.45, 2.75) is 33.4 Å². The summed E-state index contributed by atoms with van der Waals surface area (Å²) in [5.41, 5.74) is 0.937. The molecule has 0 spiro atoms. The number of rotatable bonds is 6. The van der Waals surface area contributed by atoms with Crippen LogP contribution in [0, 0.1) is 5.82 Å². The van der Waals surface area contributed by atoms with Crippen LogP contribution in [0.2, 0.25) is 5.02 Å². The molecule has 0 fully saturated rings. The highest BCUT2D eigenvalue weighted by Crippen LogP contribution is 2.31. The van der Waals surface area contributed by atoms with E-state index in [9.17, 15) is 14.3 Å². The number of carbonyl (C=O) groups excluding carboxylic acids is 1. The number of ether oxygens (including phenoxy) is 1. The smallest absolute Gasteiger partial charge is 0.343 e. The zero-order valence-corrected chi connectivity index (χ0v) is 16.4. The van der Waals surface area contributed by atoms with Crippen molar-refractivity contribution in [3.8, 4) is 5.75 Å². The number of phenols is 1. The molecule has 1 N–H and O–H groups in total. The minimum absolute atomic E-state index is 0.0367. The van der Waals surface area contributed by atoms with Gasteiger partial charge in [0, 0.05) is 24.3 Å². The number of hydrogen-bond donors (Lipinski definition) is 1. The number of aromatic nitrogens is 3. The van der Waals surface area contributed by atoms with E-state index >= 15 is 0 Å². The van der Waals surface area contributed by atoms with Crippen LogP contribution in [0.1, 0.15) is 36.7 Å². The number of aromatic hydroxyl groups is 1. The van der Waals surface area contributed by atoms with Gasteiger partial charge in [0.25, 0.3) is 0 Å². The van der Waals surface area contributed by atoms with E-state index in [0.717, 1.165) is 6.07 Å². The summed E-state index contributed by atoms with van der Waals surface area (Å²) in [6.45, 7) is 6.01. The number of hydrogen-bond acceptors (Lipinski definition) is 6. The van der Waals surface area contributed by atoms with Gasteiger partial charge in [0.2, 0.25) is 0 Å². The molecule has 9 heteroatoms. The highest BCUT2D eigenvalue weighted by atomic mass is 35.5. The van der Waals surface area contributed by atoms with Crippen LogP contribution in [0.25, 0.3) is 5.65 Å². The van der Waals surface area contributed by atoms with Gasteiger partial charge in [0.05, 0.1) is 17.8 Å². The number of benzene rings is 1. The first-order valence-corrected chi connectivity index (χ1v) is 9.14. The molecule has 28 heavy (non-hydrogen) atoms. The first-order valence-electron chi connectivity index (χ1n) is 8.76. The van der Waals surface area contributed by atoms with Gasteiger partial charge in [0.15, 0.2) is 5.65 Å². The zero-order valence-electron chi connectivity index (χ0n) is 15.7. The first-order chi connectivity index (χ1) is 13.3. The first kappa shape index (κ1) is 19.9. The van der Waals surface area contributed by atoms with Crippen LogP contribution in [0.5, 0.6) is 5.75 Å². The van der Waals surface area contributed by atoms with Gasteiger partial charge in [0.1, 0.15) is 22.9 Å². The predicted octanol–water partition coefficient (Wildman–Crippen LogP) is 3.82.